The Kier molecular flexibility index (Phi) is 9.66. The Morgan fingerprint density at radius 2 is 0.812 bits per heavy atom. The van der Waals surface area contributed by atoms with Gasteiger partial charge in [0.15, 0.2) is 0 Å². The average Bonchev–Trinajstić information content (AvgIpc) is 2.95. The second-order valence-corrected chi connectivity index (χ2v) is 17.0. The molecule has 0 aromatic heterocycles. The molecule has 4 aromatic rings. The van der Waals surface area contributed by atoms with Gasteiger partial charge in [-0.25, -0.2) is 0 Å². The summed E-state index contributed by atoms with van der Waals surface area (Å²) in [6, 6.07) is 19.6. The Balaban J connectivity index is 1.74. The molecule has 0 amide bonds. The van der Waals surface area contributed by atoms with Gasteiger partial charge in [-0.15, -0.1) is 0 Å². The molecule has 6 nitrogen and oxygen atoms in total. The predicted octanol–water partition coefficient (Wildman–Crippen LogP) is 10.6. The molecule has 0 fully saturated rings. The van der Waals surface area contributed by atoms with Gasteiger partial charge in [-0.05, 0) is 80.3 Å². The highest BCUT2D eigenvalue weighted by atomic mass is 16.3. The van der Waals surface area contributed by atoms with E-state index in [1.165, 1.54) is 0 Å². The molecule has 4 rings (SSSR count). The third-order valence-electron chi connectivity index (χ3n) is 8.71. The molecule has 4 aromatic carbocycles. The van der Waals surface area contributed by atoms with Crippen LogP contribution in [0.25, 0.3) is 11.1 Å². The number of phenolic OH excluding ortho intramolecular Hbond substituents is 2. The van der Waals surface area contributed by atoms with Crippen molar-refractivity contribution >= 4 is 35.2 Å². The predicted molar refractivity (Wildman–Crippen MR) is 206 cm³/mol. The Morgan fingerprint density at radius 1 is 0.479 bits per heavy atom. The van der Waals surface area contributed by atoms with E-state index in [2.05, 4.69) is 95.2 Å². The Bertz CT molecular complexity index is 1750. The summed E-state index contributed by atoms with van der Waals surface area (Å²) in [7, 11) is 0. The van der Waals surface area contributed by atoms with Crippen LogP contribution in [0.5, 0.6) is 11.5 Å². The van der Waals surface area contributed by atoms with Crippen molar-refractivity contribution in [2.45, 2.75) is 105 Å². The Hall–Kier alpha value is -4.58. The number of aromatic hydroxyl groups is 2. The lowest BCUT2D eigenvalue weighted by molar-refractivity contribution is 0.443. The number of hydrogen-bond donors (Lipinski definition) is 4. The van der Waals surface area contributed by atoms with E-state index in [4.69, 9.17) is 21.5 Å². The Labute approximate surface area is 287 Å². The van der Waals surface area contributed by atoms with E-state index in [1.807, 2.05) is 48.5 Å². The van der Waals surface area contributed by atoms with Gasteiger partial charge >= 0.3 is 0 Å². The maximum absolute atomic E-state index is 11.2. The Morgan fingerprint density at radius 3 is 1.10 bits per heavy atom. The van der Waals surface area contributed by atoms with Gasteiger partial charge in [-0.1, -0.05) is 107 Å². The highest BCUT2D eigenvalue weighted by Gasteiger charge is 2.26. The first-order chi connectivity index (χ1) is 22.0. The summed E-state index contributed by atoms with van der Waals surface area (Å²) >= 11 is 0. The SMILES string of the molecule is CC(C)(C)c1cc(C=Nc2cc(-c3ccc(N)c(N=Cc4cc(C(C)(C)C)cc(C(C)(C)C)c4O)c3)ccc2N)c(O)c(C(C)(C)C)c1. The summed E-state index contributed by atoms with van der Waals surface area (Å²) in [5.41, 5.74) is 21.4. The minimum absolute atomic E-state index is 0.104. The van der Waals surface area contributed by atoms with Crippen molar-refractivity contribution in [1.29, 1.82) is 0 Å². The highest BCUT2D eigenvalue weighted by Crippen LogP contribution is 2.40. The van der Waals surface area contributed by atoms with Gasteiger partial charge in [0.2, 0.25) is 0 Å². The van der Waals surface area contributed by atoms with Crippen LogP contribution in [0.15, 0.2) is 70.6 Å². The molecule has 0 atom stereocenters. The summed E-state index contributed by atoms with van der Waals surface area (Å²) in [6.45, 7) is 25.5. The van der Waals surface area contributed by atoms with Crippen molar-refractivity contribution in [3.05, 3.63) is 94.0 Å². The first kappa shape index (κ1) is 36.3. The topological polar surface area (TPSA) is 117 Å². The standard InChI is InChI=1S/C42H54N4O2/c1-39(2,3)29-17-27(37(47)31(21-29)41(7,8)9)23-45-35-19-25(13-15-33(35)43)26-14-16-34(44)36(20-26)46-24-28-18-30(40(4,5)6)22-32(38(28)48)42(10,11)12/h13-24,47-48H,43-44H2,1-12H3. The quantitative estimate of drug-likeness (QED) is 0.127. The summed E-state index contributed by atoms with van der Waals surface area (Å²) < 4.78 is 0. The molecular formula is C42H54N4O2. The molecular weight excluding hydrogens is 592 g/mol. The molecule has 0 aliphatic heterocycles. The molecule has 6 heteroatoms. The number of anilines is 2. The van der Waals surface area contributed by atoms with Crippen LogP contribution in [0.2, 0.25) is 0 Å². The van der Waals surface area contributed by atoms with E-state index in [1.54, 1.807) is 12.4 Å². The van der Waals surface area contributed by atoms with Crippen molar-refractivity contribution in [3.8, 4) is 22.6 Å². The van der Waals surface area contributed by atoms with Crippen LogP contribution < -0.4 is 11.5 Å². The fraction of sp³-hybridized carbons (Fsp3) is 0.381. The van der Waals surface area contributed by atoms with Gasteiger partial charge in [-0.2, -0.15) is 0 Å². The van der Waals surface area contributed by atoms with Crippen molar-refractivity contribution in [2.24, 2.45) is 9.98 Å². The molecule has 48 heavy (non-hydrogen) atoms. The van der Waals surface area contributed by atoms with Crippen LogP contribution in [-0.2, 0) is 21.7 Å². The van der Waals surface area contributed by atoms with Crippen LogP contribution in [0.4, 0.5) is 22.7 Å². The molecule has 0 bridgehead atoms. The number of aliphatic imine (C=N–C) groups is 2. The van der Waals surface area contributed by atoms with E-state index in [9.17, 15) is 10.2 Å². The van der Waals surface area contributed by atoms with Crippen LogP contribution in [-0.4, -0.2) is 22.6 Å². The van der Waals surface area contributed by atoms with E-state index < -0.39 is 0 Å². The van der Waals surface area contributed by atoms with Crippen molar-refractivity contribution < 1.29 is 10.2 Å². The second kappa shape index (κ2) is 12.8. The molecule has 0 spiro atoms. The average molecular weight is 647 g/mol. The number of benzene rings is 4. The number of nitrogens with zero attached hydrogens (tertiary/aromatic N) is 2. The molecule has 0 saturated carbocycles. The third kappa shape index (κ3) is 8.10. The van der Waals surface area contributed by atoms with Crippen molar-refractivity contribution in [3.63, 3.8) is 0 Å². The molecule has 0 radical (unpaired) electrons. The van der Waals surface area contributed by atoms with Crippen LogP contribution in [0.3, 0.4) is 0 Å². The summed E-state index contributed by atoms with van der Waals surface area (Å²) in [4.78, 5) is 9.52. The number of nitrogens with two attached hydrogens (primary N) is 2. The molecule has 6 N–H and O–H groups in total. The lowest BCUT2D eigenvalue weighted by Gasteiger charge is -2.27. The zero-order valence-electron chi connectivity index (χ0n) is 30.9. The van der Waals surface area contributed by atoms with Crippen LogP contribution >= 0.6 is 0 Å². The van der Waals surface area contributed by atoms with Gasteiger partial charge in [0.1, 0.15) is 11.5 Å². The lowest BCUT2D eigenvalue weighted by Crippen LogP contribution is -2.17. The van der Waals surface area contributed by atoms with Gasteiger partial charge < -0.3 is 21.7 Å². The normalized spacial score (nSPS) is 13.2. The fourth-order valence-corrected chi connectivity index (χ4v) is 5.47. The lowest BCUT2D eigenvalue weighted by atomic mass is 9.79. The van der Waals surface area contributed by atoms with Gasteiger partial charge in [-0.3, -0.25) is 9.98 Å². The van der Waals surface area contributed by atoms with E-state index >= 15 is 0 Å². The second-order valence-electron chi connectivity index (χ2n) is 17.0. The summed E-state index contributed by atoms with van der Waals surface area (Å²) in [5.74, 6) is 0.451. The summed E-state index contributed by atoms with van der Waals surface area (Å²) in [6.07, 6.45) is 3.38. The van der Waals surface area contributed by atoms with Crippen molar-refractivity contribution in [2.75, 3.05) is 11.5 Å². The number of nitrogen functional groups attached to an aromatic ring is 2. The minimum atomic E-state index is -0.245. The third-order valence-corrected chi connectivity index (χ3v) is 8.71. The van der Waals surface area contributed by atoms with E-state index in [0.29, 0.717) is 33.9 Å². The van der Waals surface area contributed by atoms with Gasteiger partial charge in [0.25, 0.3) is 0 Å². The van der Waals surface area contributed by atoms with E-state index in [0.717, 1.165) is 33.4 Å². The maximum Gasteiger partial charge on any atom is 0.128 e. The van der Waals surface area contributed by atoms with Crippen LogP contribution in [0.1, 0.15) is 116 Å². The monoisotopic (exact) mass is 646 g/mol. The molecule has 0 aliphatic rings. The molecule has 0 saturated heterocycles. The van der Waals surface area contributed by atoms with Gasteiger partial charge in [0.05, 0.1) is 22.7 Å². The minimum Gasteiger partial charge on any atom is -0.507 e. The highest BCUT2D eigenvalue weighted by molar-refractivity contribution is 5.90. The van der Waals surface area contributed by atoms with Gasteiger partial charge in [0, 0.05) is 34.7 Å². The smallest absolute Gasteiger partial charge is 0.128 e. The largest absolute Gasteiger partial charge is 0.507 e. The molecule has 0 aliphatic carbocycles. The molecule has 254 valence electrons. The van der Waals surface area contributed by atoms with E-state index in [-0.39, 0.29) is 33.2 Å². The first-order valence-corrected chi connectivity index (χ1v) is 16.6. The number of hydrogen-bond acceptors (Lipinski definition) is 6. The number of phenols is 2. The summed E-state index contributed by atoms with van der Waals surface area (Å²) in [5, 5.41) is 22.5. The zero-order chi connectivity index (χ0) is 36.0. The number of rotatable bonds is 5. The maximum atomic E-state index is 11.2. The first-order valence-electron chi connectivity index (χ1n) is 16.6. The van der Waals surface area contributed by atoms with Crippen molar-refractivity contribution in [1.82, 2.24) is 0 Å². The molecule has 0 unspecified atom stereocenters. The zero-order valence-corrected chi connectivity index (χ0v) is 30.9. The fourth-order valence-electron chi connectivity index (χ4n) is 5.47. The van der Waals surface area contributed by atoms with Crippen LogP contribution in [0, 0.1) is 0 Å². The molecule has 0 heterocycles.